The molecule has 2 heterocycles. The van der Waals surface area contributed by atoms with E-state index in [4.69, 9.17) is 4.74 Å². The second-order valence-corrected chi connectivity index (χ2v) is 12.5. The number of halogens is 3. The van der Waals surface area contributed by atoms with Crippen LogP contribution in [0.25, 0.3) is 21.5 Å². The molecule has 0 saturated carbocycles. The molecule has 0 fully saturated rings. The number of rotatable bonds is 5. The number of hydrogen-bond acceptors (Lipinski definition) is 6. The number of aromatic nitrogens is 2. The summed E-state index contributed by atoms with van der Waals surface area (Å²) in [7, 11) is -4.32. The third kappa shape index (κ3) is 5.02. The average molecular weight is 551 g/mol. The molecular weight excluding hydrogens is 525 g/mol. The van der Waals surface area contributed by atoms with Crippen LogP contribution in [0.3, 0.4) is 0 Å². The Morgan fingerprint density at radius 3 is 2.38 bits per heavy atom. The van der Waals surface area contributed by atoms with Crippen LogP contribution in [0.15, 0.2) is 53.4 Å². The highest BCUT2D eigenvalue weighted by Crippen LogP contribution is 2.40. The molecule has 11 heteroatoms. The second-order valence-electron chi connectivity index (χ2n) is 9.48. The topological polar surface area (TPSA) is 78.3 Å². The normalized spacial score (nSPS) is 12.8. The van der Waals surface area contributed by atoms with E-state index in [0.29, 0.717) is 5.01 Å². The van der Waals surface area contributed by atoms with E-state index < -0.39 is 27.7 Å². The summed E-state index contributed by atoms with van der Waals surface area (Å²) in [4.78, 5) is 17.0. The Bertz CT molecular complexity index is 1610. The number of benzene rings is 2. The van der Waals surface area contributed by atoms with Gasteiger partial charge in [0, 0.05) is 5.39 Å². The number of aryl methyl sites for hydroxylation is 1. The number of hydrogen-bond donors (Lipinski definition) is 0. The van der Waals surface area contributed by atoms with Crippen molar-refractivity contribution in [1.29, 1.82) is 0 Å². The Kier molecular flexibility index (Phi) is 6.74. The average Bonchev–Trinajstić information content (AvgIpc) is 3.38. The minimum absolute atomic E-state index is 0.0301. The van der Waals surface area contributed by atoms with Crippen molar-refractivity contribution in [2.24, 2.45) is 0 Å². The summed E-state index contributed by atoms with van der Waals surface area (Å²) in [5, 5.41) is 0.527. The SMILES string of the molecule is CCOC(=O)c1nc(C)sc1-c1cc2cc(C(F)(F)F)ccc2n1S(=O)(=O)c1cccc(C(C)(C)C)c1. The monoisotopic (exact) mass is 550 g/mol. The maximum Gasteiger partial charge on any atom is 0.416 e. The molecule has 2 aromatic carbocycles. The summed E-state index contributed by atoms with van der Waals surface area (Å²) < 4.78 is 74.7. The summed E-state index contributed by atoms with van der Waals surface area (Å²) in [6.45, 7) is 9.18. The van der Waals surface area contributed by atoms with E-state index in [0.717, 1.165) is 39.1 Å². The smallest absolute Gasteiger partial charge is 0.416 e. The molecule has 4 aromatic rings. The quantitative estimate of drug-likeness (QED) is 0.255. The van der Waals surface area contributed by atoms with E-state index in [1.165, 1.54) is 12.1 Å². The minimum atomic E-state index is -4.62. The van der Waals surface area contributed by atoms with Crippen LogP contribution in [-0.4, -0.2) is 30.0 Å². The fourth-order valence-electron chi connectivity index (χ4n) is 3.95. The lowest BCUT2D eigenvalue weighted by Gasteiger charge is -2.20. The number of carbonyl (C=O) groups excluding carboxylic acids is 1. The zero-order valence-corrected chi connectivity index (χ0v) is 22.4. The van der Waals surface area contributed by atoms with E-state index in [9.17, 15) is 26.4 Å². The van der Waals surface area contributed by atoms with Gasteiger partial charge in [0.1, 0.15) is 0 Å². The van der Waals surface area contributed by atoms with Gasteiger partial charge in [-0.05, 0) is 61.2 Å². The number of carbonyl (C=O) groups is 1. The Hall–Kier alpha value is -3.18. The van der Waals surface area contributed by atoms with E-state index in [1.807, 2.05) is 26.8 Å². The summed E-state index contributed by atoms with van der Waals surface area (Å²) in [5.74, 6) is -0.748. The Morgan fingerprint density at radius 1 is 1.05 bits per heavy atom. The van der Waals surface area contributed by atoms with E-state index in [-0.39, 0.29) is 44.1 Å². The Balaban J connectivity index is 2.06. The maximum atomic E-state index is 14.1. The predicted molar refractivity (Wildman–Crippen MR) is 136 cm³/mol. The molecule has 0 bridgehead atoms. The van der Waals surface area contributed by atoms with Crippen molar-refractivity contribution in [2.45, 2.75) is 51.1 Å². The Morgan fingerprint density at radius 2 is 1.76 bits per heavy atom. The minimum Gasteiger partial charge on any atom is -0.461 e. The first kappa shape index (κ1) is 26.9. The van der Waals surface area contributed by atoms with Gasteiger partial charge in [0.15, 0.2) is 5.69 Å². The fourth-order valence-corrected chi connectivity index (χ4v) is 6.49. The van der Waals surface area contributed by atoms with Gasteiger partial charge in [-0.1, -0.05) is 32.9 Å². The number of fused-ring (bicyclic) bond motifs is 1. The molecule has 2 aromatic heterocycles. The molecule has 0 aliphatic rings. The molecule has 0 atom stereocenters. The van der Waals surface area contributed by atoms with Crippen molar-refractivity contribution >= 4 is 38.2 Å². The number of alkyl halides is 3. The molecule has 0 aliphatic heterocycles. The second kappa shape index (κ2) is 9.29. The van der Waals surface area contributed by atoms with Crippen molar-refractivity contribution in [1.82, 2.24) is 8.96 Å². The lowest BCUT2D eigenvalue weighted by Crippen LogP contribution is -2.17. The maximum absolute atomic E-state index is 14.1. The van der Waals surface area contributed by atoms with Crippen LogP contribution in [0.2, 0.25) is 0 Å². The highest BCUT2D eigenvalue weighted by molar-refractivity contribution is 7.90. The van der Waals surface area contributed by atoms with Crippen molar-refractivity contribution in [3.05, 3.63) is 70.4 Å². The first-order valence-corrected chi connectivity index (χ1v) is 13.6. The van der Waals surface area contributed by atoms with E-state index in [1.54, 1.807) is 26.0 Å². The molecule has 4 rings (SSSR count). The van der Waals surface area contributed by atoms with Gasteiger partial charge >= 0.3 is 12.1 Å². The van der Waals surface area contributed by atoms with Gasteiger partial charge in [0.2, 0.25) is 0 Å². The van der Waals surface area contributed by atoms with Gasteiger partial charge in [-0.25, -0.2) is 22.2 Å². The van der Waals surface area contributed by atoms with Crippen LogP contribution in [0.5, 0.6) is 0 Å². The van der Waals surface area contributed by atoms with Crippen LogP contribution in [0.4, 0.5) is 13.2 Å². The molecule has 0 amide bonds. The lowest BCUT2D eigenvalue weighted by atomic mass is 9.87. The number of thiazole rings is 1. The largest absolute Gasteiger partial charge is 0.461 e. The van der Waals surface area contributed by atoms with Crippen LogP contribution in [0.1, 0.15) is 54.3 Å². The van der Waals surface area contributed by atoms with Crippen LogP contribution in [-0.2, 0) is 26.4 Å². The van der Waals surface area contributed by atoms with Crippen LogP contribution >= 0.6 is 11.3 Å². The molecule has 0 aliphatic carbocycles. The third-order valence-corrected chi connectivity index (χ3v) is 8.48. The molecule has 0 N–H and O–H groups in total. The molecular formula is C26H25F3N2O4S2. The molecule has 196 valence electrons. The van der Waals surface area contributed by atoms with Crippen molar-refractivity contribution in [2.75, 3.05) is 6.61 Å². The number of esters is 1. The van der Waals surface area contributed by atoms with Gasteiger partial charge in [0.25, 0.3) is 10.0 Å². The van der Waals surface area contributed by atoms with Gasteiger partial charge < -0.3 is 4.74 Å². The van der Waals surface area contributed by atoms with Crippen molar-refractivity contribution in [3.63, 3.8) is 0 Å². The van der Waals surface area contributed by atoms with Gasteiger partial charge in [-0.15, -0.1) is 11.3 Å². The molecule has 6 nitrogen and oxygen atoms in total. The molecule has 0 unspecified atom stereocenters. The van der Waals surface area contributed by atoms with E-state index in [2.05, 4.69) is 4.98 Å². The van der Waals surface area contributed by atoms with Crippen LogP contribution in [0, 0.1) is 6.92 Å². The molecule has 0 spiro atoms. The third-order valence-electron chi connectivity index (χ3n) is 5.76. The molecule has 37 heavy (non-hydrogen) atoms. The first-order valence-electron chi connectivity index (χ1n) is 11.4. The Labute approximate surface area is 216 Å². The standard InChI is InChI=1S/C26H25F3N2O4S2/c1-6-35-24(32)22-23(36-15(2)30-22)21-13-16-12-18(26(27,28)29)10-11-20(16)31(21)37(33,34)19-9-7-8-17(14-19)25(3,4)5/h7-14H,6H2,1-5H3. The molecule has 0 radical (unpaired) electrons. The predicted octanol–water partition coefficient (Wildman–Crippen LogP) is 6.80. The highest BCUT2D eigenvalue weighted by Gasteiger charge is 2.33. The van der Waals surface area contributed by atoms with Gasteiger partial charge in [0.05, 0.1) is 38.2 Å². The zero-order chi connectivity index (χ0) is 27.3. The summed E-state index contributed by atoms with van der Waals surface area (Å²) >= 11 is 1.06. The van der Waals surface area contributed by atoms with Gasteiger partial charge in [-0.3, -0.25) is 0 Å². The highest BCUT2D eigenvalue weighted by atomic mass is 32.2. The van der Waals surface area contributed by atoms with Crippen LogP contribution < -0.4 is 0 Å². The van der Waals surface area contributed by atoms with Crippen molar-refractivity contribution < 1.29 is 31.1 Å². The van der Waals surface area contributed by atoms with Gasteiger partial charge in [-0.2, -0.15) is 13.2 Å². The molecule has 0 saturated heterocycles. The zero-order valence-electron chi connectivity index (χ0n) is 20.8. The fraction of sp³-hybridized carbons (Fsp3) is 0.308. The summed E-state index contributed by atoms with van der Waals surface area (Å²) in [6, 6.07) is 10.6. The number of ether oxygens (including phenoxy) is 1. The lowest BCUT2D eigenvalue weighted by molar-refractivity contribution is -0.137. The number of nitrogens with zero attached hydrogens (tertiary/aromatic N) is 2. The van der Waals surface area contributed by atoms with Crippen molar-refractivity contribution in [3.8, 4) is 10.6 Å². The summed E-state index contributed by atoms with van der Waals surface area (Å²) in [6.07, 6.45) is -4.62. The first-order chi connectivity index (χ1) is 17.1. The summed E-state index contributed by atoms with van der Waals surface area (Å²) in [5.41, 5.74) is -0.508. The van der Waals surface area contributed by atoms with E-state index >= 15 is 0 Å².